The van der Waals surface area contributed by atoms with Crippen molar-refractivity contribution in [3.8, 4) is 29.4 Å². The van der Waals surface area contributed by atoms with Gasteiger partial charge in [0.1, 0.15) is 43.3 Å². The largest absolute Gasteiger partial charge is 0.488 e. The van der Waals surface area contributed by atoms with Crippen LogP contribution in [0.3, 0.4) is 0 Å². The lowest BCUT2D eigenvalue weighted by molar-refractivity contribution is 0.0755. The van der Waals surface area contributed by atoms with Gasteiger partial charge in [0.15, 0.2) is 22.8 Å². The van der Waals surface area contributed by atoms with E-state index in [9.17, 15) is 20.7 Å². The van der Waals surface area contributed by atoms with E-state index in [1.165, 1.54) is 11.3 Å². The van der Waals surface area contributed by atoms with Crippen molar-refractivity contribution in [2.24, 2.45) is 0 Å². The van der Waals surface area contributed by atoms with Crippen LogP contribution < -0.4 is 19.1 Å². The molecule has 3 aromatic carbocycles. The number of aliphatic hydroxyl groups is 2. The van der Waals surface area contributed by atoms with Crippen LogP contribution in [-0.2, 0) is 16.9 Å². The molecule has 1 atom stereocenters. The molecule has 1 aromatic heterocycles. The number of hydrogen-bond acceptors (Lipinski definition) is 10. The molecule has 1 unspecified atom stereocenters. The van der Waals surface area contributed by atoms with Crippen LogP contribution in [0.1, 0.15) is 33.4 Å². The average Bonchev–Trinajstić information content (AvgIpc) is 3.70. The number of ether oxygens (including phenoxy) is 4. The number of hydrogen-bond donors (Lipinski definition) is 2. The van der Waals surface area contributed by atoms with Crippen LogP contribution in [0.15, 0.2) is 108 Å². The van der Waals surface area contributed by atoms with Crippen LogP contribution in [-0.4, -0.2) is 49.7 Å². The molecule has 0 bridgehead atoms. The number of fused-ring (bicyclic) bond motifs is 1. The van der Waals surface area contributed by atoms with Gasteiger partial charge in [-0.3, -0.25) is 0 Å². The van der Waals surface area contributed by atoms with Crippen LogP contribution in [0.5, 0.6) is 17.2 Å². The first kappa shape index (κ1) is 36.5. The van der Waals surface area contributed by atoms with E-state index in [1.54, 1.807) is 6.08 Å². The van der Waals surface area contributed by atoms with Crippen LogP contribution in [0.4, 0.5) is 5.69 Å². The molecule has 0 saturated heterocycles. The number of nitrogens with zero attached hydrogens (tertiary/aromatic N) is 4. The van der Waals surface area contributed by atoms with E-state index < -0.39 is 5.60 Å². The maximum absolute atomic E-state index is 9.67. The van der Waals surface area contributed by atoms with Crippen LogP contribution >= 0.6 is 11.3 Å². The van der Waals surface area contributed by atoms with E-state index in [0.717, 1.165) is 32.1 Å². The zero-order valence-corrected chi connectivity index (χ0v) is 29.8. The first-order valence-electron chi connectivity index (χ1n) is 16.9. The quantitative estimate of drug-likeness (QED) is 0.106. The Morgan fingerprint density at radius 3 is 2.13 bits per heavy atom. The molecular weight excluding hydrogens is 689 g/mol. The van der Waals surface area contributed by atoms with Gasteiger partial charge in [0, 0.05) is 36.0 Å². The van der Waals surface area contributed by atoms with Gasteiger partial charge in [0.2, 0.25) is 5.70 Å². The fourth-order valence-corrected chi connectivity index (χ4v) is 7.14. The Labute approximate surface area is 312 Å². The Morgan fingerprint density at radius 2 is 1.53 bits per heavy atom. The fourth-order valence-electron chi connectivity index (χ4n) is 6.14. The van der Waals surface area contributed by atoms with Crippen molar-refractivity contribution in [2.45, 2.75) is 19.1 Å². The Balaban J connectivity index is 1.38. The molecule has 10 nitrogen and oxygen atoms in total. The number of anilines is 1. The Hall–Kier alpha value is -6.29. The molecule has 4 aromatic rings. The van der Waals surface area contributed by atoms with E-state index >= 15 is 0 Å². The van der Waals surface area contributed by atoms with E-state index in [0.29, 0.717) is 55.7 Å². The van der Waals surface area contributed by atoms with Crippen molar-refractivity contribution in [1.82, 2.24) is 0 Å². The lowest BCUT2D eigenvalue weighted by atomic mass is 9.87. The summed E-state index contributed by atoms with van der Waals surface area (Å²) in [7, 11) is 0. The van der Waals surface area contributed by atoms with Crippen molar-refractivity contribution in [2.75, 3.05) is 44.4 Å². The SMILES string of the molecule is [C-]#[N+]C1=C(/C=C/c2sc(/C=C/c3ccc(N(CCO)CCO)cc3OCc3ccccc3)c3c2OCCO3)C(C)(c2ccccc2)OC1=C(C#N)C#N. The molecule has 0 radical (unpaired) electrons. The van der Waals surface area contributed by atoms with Crippen molar-refractivity contribution in [1.29, 1.82) is 10.5 Å². The van der Waals surface area contributed by atoms with Crippen molar-refractivity contribution >= 4 is 35.3 Å². The second kappa shape index (κ2) is 16.8. The van der Waals surface area contributed by atoms with Gasteiger partial charge in [-0.1, -0.05) is 66.7 Å². The lowest BCUT2D eigenvalue weighted by Gasteiger charge is -2.28. The maximum Gasteiger partial charge on any atom is 0.237 e. The molecule has 0 fully saturated rings. The van der Waals surface area contributed by atoms with Crippen LogP contribution in [0.2, 0.25) is 0 Å². The number of allylic oxidation sites excluding steroid dienone is 1. The molecule has 6 rings (SSSR count). The zero-order valence-electron chi connectivity index (χ0n) is 29.0. The summed E-state index contributed by atoms with van der Waals surface area (Å²) in [6, 6.07) is 28.8. The normalized spacial score (nSPS) is 16.3. The summed E-state index contributed by atoms with van der Waals surface area (Å²) >= 11 is 1.45. The smallest absolute Gasteiger partial charge is 0.237 e. The summed E-state index contributed by atoms with van der Waals surface area (Å²) in [5, 5.41) is 38.6. The second-order valence-electron chi connectivity index (χ2n) is 12.1. The topological polar surface area (TPSA) is 133 Å². The summed E-state index contributed by atoms with van der Waals surface area (Å²) in [6.45, 7) is 11.5. The van der Waals surface area contributed by atoms with E-state index in [4.69, 9.17) is 25.5 Å². The molecule has 2 N–H and O–H groups in total. The predicted octanol–water partition coefficient (Wildman–Crippen LogP) is 7.49. The highest BCUT2D eigenvalue weighted by Crippen LogP contribution is 2.50. The molecule has 53 heavy (non-hydrogen) atoms. The van der Waals surface area contributed by atoms with Crippen LogP contribution in [0, 0.1) is 29.2 Å². The molecule has 266 valence electrons. The molecule has 0 saturated carbocycles. The molecule has 2 aliphatic rings. The third kappa shape index (κ3) is 7.82. The van der Waals surface area contributed by atoms with Gasteiger partial charge in [-0.2, -0.15) is 10.5 Å². The van der Waals surface area contributed by atoms with Gasteiger partial charge in [-0.15, -0.1) is 11.3 Å². The molecule has 0 spiro atoms. The first-order chi connectivity index (χ1) is 25.9. The number of thiophene rings is 1. The highest BCUT2D eigenvalue weighted by molar-refractivity contribution is 7.14. The minimum Gasteiger partial charge on any atom is -0.488 e. The second-order valence-corrected chi connectivity index (χ2v) is 13.2. The van der Waals surface area contributed by atoms with Crippen molar-refractivity contribution in [3.05, 3.63) is 145 Å². The fraction of sp³-hybridized carbons (Fsp3) is 0.214. The number of aliphatic hydroxyl groups excluding tert-OH is 2. The van der Waals surface area contributed by atoms with Crippen molar-refractivity contribution in [3.63, 3.8) is 0 Å². The molecule has 3 heterocycles. The predicted molar refractivity (Wildman–Crippen MR) is 204 cm³/mol. The lowest BCUT2D eigenvalue weighted by Crippen LogP contribution is -2.29. The summed E-state index contributed by atoms with van der Waals surface area (Å²) in [4.78, 5) is 7.19. The Kier molecular flexibility index (Phi) is 11.6. The maximum atomic E-state index is 9.67. The summed E-state index contributed by atoms with van der Waals surface area (Å²) in [5.74, 6) is 1.76. The summed E-state index contributed by atoms with van der Waals surface area (Å²) in [5.41, 5.74) is 2.58. The molecule has 11 heteroatoms. The molecule has 0 amide bonds. The van der Waals surface area contributed by atoms with E-state index in [-0.39, 0.29) is 30.2 Å². The number of rotatable bonds is 13. The van der Waals surface area contributed by atoms with Gasteiger partial charge < -0.3 is 34.1 Å². The standard InChI is InChI=1S/C42H36N4O6S/c1-42(32-11-7-4-8-12-32)34(38(45-2)39(52-42)31(26-43)27-44)16-18-37-41-40(49-23-24-50-41)36(53-37)17-14-30-13-15-33(46(19-21-47)20-22-48)25-35(30)51-28-29-9-5-3-6-10-29/h3-18,25,47-48H,19-24,28H2,1H3/b17-14+,18-16+. The Morgan fingerprint density at radius 1 is 0.906 bits per heavy atom. The Bertz CT molecular complexity index is 2180. The molecule has 0 aliphatic carbocycles. The monoisotopic (exact) mass is 724 g/mol. The van der Waals surface area contributed by atoms with Crippen molar-refractivity contribution < 1.29 is 29.2 Å². The number of nitriles is 2. The highest BCUT2D eigenvalue weighted by Gasteiger charge is 2.43. The van der Waals surface area contributed by atoms with Gasteiger partial charge in [0.25, 0.3) is 0 Å². The van der Waals surface area contributed by atoms with Gasteiger partial charge >= 0.3 is 0 Å². The van der Waals surface area contributed by atoms with E-state index in [2.05, 4.69) is 4.85 Å². The van der Waals surface area contributed by atoms with Gasteiger partial charge in [0.05, 0.1) is 29.5 Å². The molecule has 2 aliphatic heterocycles. The zero-order chi connectivity index (χ0) is 37.2. The number of benzene rings is 3. The first-order valence-corrected chi connectivity index (χ1v) is 17.7. The minimum atomic E-state index is -1.14. The van der Waals surface area contributed by atoms with Crippen LogP contribution in [0.25, 0.3) is 23.1 Å². The average molecular weight is 725 g/mol. The third-order valence-corrected chi connectivity index (χ3v) is 9.87. The molecular formula is C42H36N4O6S. The summed E-state index contributed by atoms with van der Waals surface area (Å²) < 4.78 is 24.9. The highest BCUT2D eigenvalue weighted by atomic mass is 32.1. The van der Waals surface area contributed by atoms with E-state index in [1.807, 2.05) is 121 Å². The summed E-state index contributed by atoms with van der Waals surface area (Å²) in [6.07, 6.45) is 7.53. The third-order valence-electron chi connectivity index (χ3n) is 8.78. The van der Waals surface area contributed by atoms with Gasteiger partial charge in [-0.05, 0) is 48.4 Å². The minimum absolute atomic E-state index is 0.0421. The van der Waals surface area contributed by atoms with Gasteiger partial charge in [-0.25, -0.2) is 4.85 Å².